The number of rotatable bonds is 7. The second kappa shape index (κ2) is 8.53. The minimum Gasteiger partial charge on any atom is -0.497 e. The molecule has 8 heteroatoms. The third-order valence-corrected chi connectivity index (χ3v) is 3.21. The molecule has 1 aromatic heterocycles. The fraction of sp³-hybridized carbons (Fsp3) is 0.235. The van der Waals surface area contributed by atoms with E-state index in [1.54, 1.807) is 24.3 Å². The quantitative estimate of drug-likeness (QED) is 0.764. The van der Waals surface area contributed by atoms with Gasteiger partial charge in [-0.1, -0.05) is 6.07 Å². The van der Waals surface area contributed by atoms with Gasteiger partial charge in [-0.15, -0.1) is 0 Å². The minimum atomic E-state index is -0.743. The predicted octanol–water partition coefficient (Wildman–Crippen LogP) is 1.54. The highest BCUT2D eigenvalue weighted by atomic mass is 16.5. The van der Waals surface area contributed by atoms with E-state index in [0.29, 0.717) is 11.4 Å². The summed E-state index contributed by atoms with van der Waals surface area (Å²) >= 11 is 0. The molecule has 0 aliphatic heterocycles. The summed E-state index contributed by atoms with van der Waals surface area (Å²) in [5, 5.41) is 2.65. The highest BCUT2D eigenvalue weighted by Gasteiger charge is 2.17. The van der Waals surface area contributed by atoms with E-state index >= 15 is 0 Å². The van der Waals surface area contributed by atoms with Crippen LogP contribution in [0.5, 0.6) is 5.75 Å². The number of furan rings is 1. The van der Waals surface area contributed by atoms with Gasteiger partial charge in [-0.3, -0.25) is 9.59 Å². The van der Waals surface area contributed by atoms with Gasteiger partial charge in [0.15, 0.2) is 6.61 Å². The van der Waals surface area contributed by atoms with Gasteiger partial charge in [0.1, 0.15) is 5.75 Å². The van der Waals surface area contributed by atoms with Crippen molar-refractivity contribution in [3.05, 3.63) is 48.4 Å². The molecule has 0 radical (unpaired) electrons. The van der Waals surface area contributed by atoms with Crippen molar-refractivity contribution in [2.75, 3.05) is 32.6 Å². The Morgan fingerprint density at radius 2 is 2.00 bits per heavy atom. The molecule has 1 N–H and O–H groups in total. The number of esters is 1. The zero-order chi connectivity index (χ0) is 18.2. The lowest BCUT2D eigenvalue weighted by Gasteiger charge is -2.16. The van der Waals surface area contributed by atoms with Crippen molar-refractivity contribution < 1.29 is 28.3 Å². The Morgan fingerprint density at radius 1 is 1.20 bits per heavy atom. The van der Waals surface area contributed by atoms with Crippen LogP contribution in [0.25, 0.3) is 0 Å². The molecule has 8 nitrogen and oxygen atoms in total. The zero-order valence-electron chi connectivity index (χ0n) is 13.9. The molecular weight excluding hydrogens is 328 g/mol. The smallest absolute Gasteiger partial charge is 0.374 e. The van der Waals surface area contributed by atoms with Crippen LogP contribution in [-0.4, -0.2) is 50.0 Å². The summed E-state index contributed by atoms with van der Waals surface area (Å²) in [4.78, 5) is 36.6. The van der Waals surface area contributed by atoms with Gasteiger partial charge in [0.05, 0.1) is 19.9 Å². The lowest BCUT2D eigenvalue weighted by molar-refractivity contribution is -0.136. The van der Waals surface area contributed by atoms with E-state index in [-0.39, 0.29) is 18.2 Å². The molecule has 0 fully saturated rings. The fourth-order valence-electron chi connectivity index (χ4n) is 1.91. The Morgan fingerprint density at radius 3 is 2.68 bits per heavy atom. The number of anilines is 1. The van der Waals surface area contributed by atoms with Crippen LogP contribution in [-0.2, 0) is 14.3 Å². The first-order valence-corrected chi connectivity index (χ1v) is 7.38. The first-order valence-electron chi connectivity index (χ1n) is 7.38. The number of benzene rings is 1. The van der Waals surface area contributed by atoms with Crippen molar-refractivity contribution in [1.82, 2.24) is 4.90 Å². The Balaban J connectivity index is 1.79. The Bertz CT molecular complexity index is 741. The normalized spacial score (nSPS) is 10.0. The number of carbonyl (C=O) groups is 3. The molecule has 0 aliphatic rings. The van der Waals surface area contributed by atoms with Crippen molar-refractivity contribution in [1.29, 1.82) is 0 Å². The molecule has 132 valence electrons. The number of hydrogen-bond donors (Lipinski definition) is 1. The van der Waals surface area contributed by atoms with Gasteiger partial charge < -0.3 is 24.1 Å². The van der Waals surface area contributed by atoms with Crippen molar-refractivity contribution in [3.8, 4) is 5.75 Å². The van der Waals surface area contributed by atoms with E-state index in [4.69, 9.17) is 13.9 Å². The summed E-state index contributed by atoms with van der Waals surface area (Å²) in [6.07, 6.45) is 1.33. The van der Waals surface area contributed by atoms with E-state index in [1.165, 1.54) is 32.6 Å². The third kappa shape index (κ3) is 5.38. The summed E-state index contributed by atoms with van der Waals surface area (Å²) in [6.45, 7) is -0.670. The number of likely N-dealkylation sites (N-methyl/N-ethyl adjacent to an activating group) is 1. The van der Waals surface area contributed by atoms with Gasteiger partial charge in [-0.2, -0.15) is 0 Å². The highest BCUT2D eigenvalue weighted by Crippen LogP contribution is 2.16. The van der Waals surface area contributed by atoms with Crippen LogP contribution in [0, 0.1) is 0 Å². The molecule has 25 heavy (non-hydrogen) atoms. The monoisotopic (exact) mass is 346 g/mol. The number of methoxy groups -OCH3 is 1. The van der Waals surface area contributed by atoms with Crippen molar-refractivity contribution in [2.24, 2.45) is 0 Å². The number of nitrogens with one attached hydrogen (secondary N) is 1. The molecule has 0 bridgehead atoms. The molecule has 2 rings (SSSR count). The topological polar surface area (TPSA) is 98.1 Å². The average molecular weight is 346 g/mol. The number of carbonyl (C=O) groups excluding carboxylic acids is 3. The van der Waals surface area contributed by atoms with Gasteiger partial charge in [-0.25, -0.2) is 4.79 Å². The van der Waals surface area contributed by atoms with Crippen LogP contribution in [0.3, 0.4) is 0 Å². The Kier molecular flexibility index (Phi) is 6.16. The van der Waals surface area contributed by atoms with E-state index in [9.17, 15) is 14.4 Å². The van der Waals surface area contributed by atoms with Crippen LogP contribution in [0.2, 0.25) is 0 Å². The minimum absolute atomic E-state index is 0.00576. The standard InChI is InChI=1S/C17H18N2O6/c1-19(16(21)11-25-17(22)14-7-4-8-24-14)10-15(20)18-12-5-3-6-13(9-12)23-2/h3-9H,10-11H2,1-2H3,(H,18,20). The van der Waals surface area contributed by atoms with Crippen molar-refractivity contribution >= 4 is 23.5 Å². The largest absolute Gasteiger partial charge is 0.497 e. The summed E-state index contributed by atoms with van der Waals surface area (Å²) in [6, 6.07) is 9.81. The van der Waals surface area contributed by atoms with Gasteiger partial charge >= 0.3 is 5.97 Å². The summed E-state index contributed by atoms with van der Waals surface area (Å²) in [7, 11) is 2.96. The number of ether oxygens (including phenoxy) is 2. The Hall–Kier alpha value is -3.29. The average Bonchev–Trinajstić information content (AvgIpc) is 3.14. The summed E-state index contributed by atoms with van der Waals surface area (Å²) in [5.74, 6) is -1.03. The number of hydrogen-bond acceptors (Lipinski definition) is 6. The zero-order valence-corrected chi connectivity index (χ0v) is 13.9. The van der Waals surface area contributed by atoms with E-state index < -0.39 is 18.5 Å². The molecule has 0 atom stereocenters. The molecule has 2 aromatic rings. The lowest BCUT2D eigenvalue weighted by Crippen LogP contribution is -2.37. The van der Waals surface area contributed by atoms with Crippen LogP contribution >= 0.6 is 0 Å². The van der Waals surface area contributed by atoms with Gasteiger partial charge in [0, 0.05) is 18.8 Å². The Labute approximate surface area is 144 Å². The van der Waals surface area contributed by atoms with Gasteiger partial charge in [0.25, 0.3) is 5.91 Å². The fourth-order valence-corrected chi connectivity index (χ4v) is 1.91. The van der Waals surface area contributed by atoms with Crippen molar-refractivity contribution in [2.45, 2.75) is 0 Å². The van der Waals surface area contributed by atoms with E-state index in [1.807, 2.05) is 0 Å². The molecular formula is C17H18N2O6. The first-order chi connectivity index (χ1) is 12.0. The summed E-state index contributed by atoms with van der Waals surface area (Å²) < 4.78 is 14.8. The maximum atomic E-state index is 12.0. The molecule has 2 amide bonds. The molecule has 0 saturated carbocycles. The second-order valence-corrected chi connectivity index (χ2v) is 5.08. The molecule has 0 saturated heterocycles. The van der Waals surface area contributed by atoms with Crippen molar-refractivity contribution in [3.63, 3.8) is 0 Å². The van der Waals surface area contributed by atoms with Gasteiger partial charge in [0.2, 0.25) is 11.7 Å². The van der Waals surface area contributed by atoms with Crippen LogP contribution in [0.15, 0.2) is 47.1 Å². The van der Waals surface area contributed by atoms with Crippen LogP contribution in [0.4, 0.5) is 5.69 Å². The third-order valence-electron chi connectivity index (χ3n) is 3.21. The number of amides is 2. The SMILES string of the molecule is COc1cccc(NC(=O)CN(C)C(=O)COC(=O)c2ccco2)c1. The molecule has 1 aromatic carbocycles. The first kappa shape index (κ1) is 18.1. The molecule has 0 unspecified atom stereocenters. The summed E-state index contributed by atoms with van der Waals surface area (Å²) in [5.41, 5.74) is 0.550. The lowest BCUT2D eigenvalue weighted by atomic mass is 10.3. The highest BCUT2D eigenvalue weighted by molar-refractivity contribution is 5.95. The predicted molar refractivity (Wildman–Crippen MR) is 88.3 cm³/mol. The van der Waals surface area contributed by atoms with Gasteiger partial charge in [-0.05, 0) is 24.3 Å². The van der Waals surface area contributed by atoms with Crippen LogP contribution < -0.4 is 10.1 Å². The maximum Gasteiger partial charge on any atom is 0.374 e. The maximum absolute atomic E-state index is 12.0. The van der Waals surface area contributed by atoms with Crippen LogP contribution in [0.1, 0.15) is 10.6 Å². The second-order valence-electron chi connectivity index (χ2n) is 5.08. The molecule has 0 spiro atoms. The van der Waals surface area contributed by atoms with E-state index in [2.05, 4.69) is 5.32 Å². The molecule has 0 aliphatic carbocycles. The molecule has 1 heterocycles. The van der Waals surface area contributed by atoms with E-state index in [0.717, 1.165) is 4.90 Å². The number of nitrogens with zero attached hydrogens (tertiary/aromatic N) is 1.